The van der Waals surface area contributed by atoms with E-state index in [0.29, 0.717) is 6.10 Å². The molecular weight excluding hydrogens is 272 g/mol. The molecule has 0 amide bonds. The minimum atomic E-state index is -0.192. The fourth-order valence-electron chi connectivity index (χ4n) is 3.20. The quantitative estimate of drug-likeness (QED) is 0.712. The summed E-state index contributed by atoms with van der Waals surface area (Å²) in [6.07, 6.45) is 10.6. The van der Waals surface area contributed by atoms with Gasteiger partial charge in [-0.15, -0.1) is 0 Å². The third-order valence-corrected chi connectivity index (χ3v) is 4.49. The van der Waals surface area contributed by atoms with E-state index in [9.17, 15) is 0 Å². The maximum absolute atomic E-state index is 6.35. The van der Waals surface area contributed by atoms with Gasteiger partial charge in [0.2, 0.25) is 0 Å². The second-order valence-corrected chi connectivity index (χ2v) is 8.02. The van der Waals surface area contributed by atoms with Crippen LogP contribution in [0, 0.1) is 5.92 Å². The molecule has 0 unspecified atom stereocenters. The predicted molar refractivity (Wildman–Crippen MR) is 90.8 cm³/mol. The van der Waals surface area contributed by atoms with Crippen molar-refractivity contribution in [2.45, 2.75) is 83.8 Å². The van der Waals surface area contributed by atoms with E-state index in [4.69, 9.17) is 9.47 Å². The third-order valence-electron chi connectivity index (χ3n) is 4.49. The van der Waals surface area contributed by atoms with Gasteiger partial charge < -0.3 is 9.47 Å². The van der Waals surface area contributed by atoms with Crippen LogP contribution in [-0.4, -0.2) is 11.7 Å². The molecule has 2 saturated carbocycles. The number of rotatable bonds is 5. The van der Waals surface area contributed by atoms with Crippen LogP contribution in [0.1, 0.15) is 71.3 Å². The summed E-state index contributed by atoms with van der Waals surface area (Å²) < 4.78 is 12.5. The summed E-state index contributed by atoms with van der Waals surface area (Å²) in [6.45, 7) is 6.28. The molecule has 2 aliphatic carbocycles. The van der Waals surface area contributed by atoms with Crippen molar-refractivity contribution in [2.24, 2.45) is 5.92 Å². The van der Waals surface area contributed by atoms with Gasteiger partial charge in [0.05, 0.1) is 6.10 Å². The summed E-state index contributed by atoms with van der Waals surface area (Å²) in [5.74, 6) is 2.76. The Hall–Kier alpha value is -1.18. The average molecular weight is 302 g/mol. The first-order valence-corrected chi connectivity index (χ1v) is 8.98. The van der Waals surface area contributed by atoms with Gasteiger partial charge in [0, 0.05) is 0 Å². The highest BCUT2D eigenvalue weighted by atomic mass is 16.5. The van der Waals surface area contributed by atoms with Crippen molar-refractivity contribution < 1.29 is 9.47 Å². The zero-order valence-corrected chi connectivity index (χ0v) is 14.4. The molecule has 2 fully saturated rings. The van der Waals surface area contributed by atoms with E-state index in [0.717, 1.165) is 17.4 Å². The minimum absolute atomic E-state index is 0.192. The Morgan fingerprint density at radius 2 is 1.68 bits per heavy atom. The fraction of sp³-hybridized carbons (Fsp3) is 0.700. The highest BCUT2D eigenvalue weighted by Gasteiger charge is 2.24. The van der Waals surface area contributed by atoms with Crippen LogP contribution in [0.5, 0.6) is 11.5 Å². The van der Waals surface area contributed by atoms with Crippen molar-refractivity contribution in [3.05, 3.63) is 23.8 Å². The largest absolute Gasteiger partial charge is 0.487 e. The summed E-state index contributed by atoms with van der Waals surface area (Å²) in [7, 11) is 0. The predicted octanol–water partition coefficient (Wildman–Crippen LogP) is 5.53. The third kappa shape index (κ3) is 4.66. The van der Waals surface area contributed by atoms with E-state index >= 15 is 0 Å². The summed E-state index contributed by atoms with van der Waals surface area (Å²) in [5, 5.41) is 0. The van der Waals surface area contributed by atoms with Gasteiger partial charge in [0.15, 0.2) is 11.5 Å². The standard InChI is InChI=1S/C20H30O2/c1-20(2,3)22-18-12-11-16(13-15-9-10-15)14-19(18)21-17-7-5-4-6-8-17/h11-12,14-15,17H,4-10,13H2,1-3H3. The first-order chi connectivity index (χ1) is 10.5. The molecule has 2 heteroatoms. The van der Waals surface area contributed by atoms with Crippen LogP contribution in [0.15, 0.2) is 18.2 Å². The molecule has 122 valence electrons. The van der Waals surface area contributed by atoms with Gasteiger partial charge in [-0.1, -0.05) is 12.5 Å². The molecule has 0 atom stereocenters. The van der Waals surface area contributed by atoms with Gasteiger partial charge >= 0.3 is 0 Å². The highest BCUT2D eigenvalue weighted by Crippen LogP contribution is 2.37. The molecule has 0 aliphatic heterocycles. The number of hydrogen-bond donors (Lipinski definition) is 0. The molecule has 1 aromatic rings. The Labute approximate surface area is 135 Å². The van der Waals surface area contributed by atoms with Crippen LogP contribution in [-0.2, 0) is 6.42 Å². The molecule has 2 aliphatic rings. The zero-order chi connectivity index (χ0) is 15.6. The lowest BCUT2D eigenvalue weighted by Gasteiger charge is -2.27. The van der Waals surface area contributed by atoms with Crippen LogP contribution in [0.3, 0.4) is 0 Å². The van der Waals surface area contributed by atoms with Crippen molar-refractivity contribution in [2.75, 3.05) is 0 Å². The Morgan fingerprint density at radius 1 is 0.955 bits per heavy atom. The van der Waals surface area contributed by atoms with E-state index in [1.54, 1.807) is 0 Å². The maximum atomic E-state index is 6.35. The molecule has 2 nitrogen and oxygen atoms in total. The van der Waals surface area contributed by atoms with Crippen LogP contribution >= 0.6 is 0 Å². The van der Waals surface area contributed by atoms with E-state index in [2.05, 4.69) is 39.0 Å². The van der Waals surface area contributed by atoms with E-state index in [-0.39, 0.29) is 5.60 Å². The van der Waals surface area contributed by atoms with Crippen molar-refractivity contribution in [3.63, 3.8) is 0 Å². The van der Waals surface area contributed by atoms with Crippen molar-refractivity contribution in [1.29, 1.82) is 0 Å². The van der Waals surface area contributed by atoms with Crippen LogP contribution in [0.25, 0.3) is 0 Å². The van der Waals surface area contributed by atoms with E-state index in [1.165, 1.54) is 56.9 Å². The maximum Gasteiger partial charge on any atom is 0.162 e. The van der Waals surface area contributed by atoms with Crippen LogP contribution < -0.4 is 9.47 Å². The van der Waals surface area contributed by atoms with Gasteiger partial charge in [-0.3, -0.25) is 0 Å². The van der Waals surface area contributed by atoms with Gasteiger partial charge in [-0.2, -0.15) is 0 Å². The molecule has 0 N–H and O–H groups in total. The molecule has 0 spiro atoms. The van der Waals surface area contributed by atoms with Gasteiger partial charge in [0.1, 0.15) is 5.60 Å². The minimum Gasteiger partial charge on any atom is -0.487 e. The molecule has 0 aromatic heterocycles. The second kappa shape index (κ2) is 6.52. The Kier molecular flexibility index (Phi) is 4.65. The summed E-state index contributed by atoms with van der Waals surface area (Å²) in [5.41, 5.74) is 1.21. The Morgan fingerprint density at radius 3 is 2.32 bits per heavy atom. The highest BCUT2D eigenvalue weighted by molar-refractivity contribution is 5.43. The number of benzene rings is 1. The number of hydrogen-bond acceptors (Lipinski definition) is 2. The molecule has 22 heavy (non-hydrogen) atoms. The monoisotopic (exact) mass is 302 g/mol. The lowest BCUT2D eigenvalue weighted by atomic mass is 9.97. The van der Waals surface area contributed by atoms with Gasteiger partial charge in [-0.05, 0) is 89.3 Å². The molecule has 0 heterocycles. The average Bonchev–Trinajstić information content (AvgIpc) is 3.25. The van der Waals surface area contributed by atoms with Crippen LogP contribution in [0.2, 0.25) is 0 Å². The molecular formula is C20H30O2. The topological polar surface area (TPSA) is 18.5 Å². The van der Waals surface area contributed by atoms with E-state index < -0.39 is 0 Å². The van der Waals surface area contributed by atoms with E-state index in [1.807, 2.05) is 0 Å². The lowest BCUT2D eigenvalue weighted by Crippen LogP contribution is -2.25. The zero-order valence-electron chi connectivity index (χ0n) is 14.4. The molecule has 0 radical (unpaired) electrons. The summed E-state index contributed by atoms with van der Waals surface area (Å²) in [4.78, 5) is 0. The van der Waals surface area contributed by atoms with Crippen molar-refractivity contribution >= 4 is 0 Å². The summed E-state index contributed by atoms with van der Waals surface area (Å²) >= 11 is 0. The SMILES string of the molecule is CC(C)(C)Oc1ccc(CC2CC2)cc1OC1CCCCC1. The number of ether oxygens (including phenoxy) is 2. The normalized spacial score (nSPS) is 20.0. The molecule has 0 bridgehead atoms. The smallest absolute Gasteiger partial charge is 0.162 e. The first-order valence-electron chi connectivity index (χ1n) is 8.98. The lowest BCUT2D eigenvalue weighted by molar-refractivity contribution is 0.107. The fourth-order valence-corrected chi connectivity index (χ4v) is 3.20. The van der Waals surface area contributed by atoms with Gasteiger partial charge in [-0.25, -0.2) is 0 Å². The summed E-state index contributed by atoms with van der Waals surface area (Å²) in [6, 6.07) is 6.56. The first kappa shape index (κ1) is 15.7. The molecule has 1 aromatic carbocycles. The van der Waals surface area contributed by atoms with Crippen molar-refractivity contribution in [3.8, 4) is 11.5 Å². The second-order valence-electron chi connectivity index (χ2n) is 8.02. The molecule has 0 saturated heterocycles. The Balaban J connectivity index is 1.77. The van der Waals surface area contributed by atoms with Crippen LogP contribution in [0.4, 0.5) is 0 Å². The molecule has 3 rings (SSSR count). The Bertz CT molecular complexity index is 491. The van der Waals surface area contributed by atoms with Gasteiger partial charge in [0.25, 0.3) is 0 Å². The van der Waals surface area contributed by atoms with Crippen molar-refractivity contribution in [1.82, 2.24) is 0 Å².